The average Bonchev–Trinajstić information content (AvgIpc) is 2.83. The predicted molar refractivity (Wildman–Crippen MR) is 95.2 cm³/mol. The Morgan fingerprint density at radius 1 is 1.09 bits per heavy atom. The van der Waals surface area contributed by atoms with E-state index < -0.39 is 0 Å². The molecule has 0 aliphatic carbocycles. The third-order valence-electron chi connectivity index (χ3n) is 4.21. The van der Waals surface area contributed by atoms with Crippen molar-refractivity contribution in [2.45, 2.75) is 40.2 Å². The molecule has 0 radical (unpaired) electrons. The lowest BCUT2D eigenvalue weighted by molar-refractivity contribution is 0.295. The fourth-order valence-electron chi connectivity index (χ4n) is 2.97. The number of hydrogen-bond acceptors (Lipinski definition) is 2. The van der Waals surface area contributed by atoms with Crippen LogP contribution in [0.5, 0.6) is 5.75 Å². The number of rotatable bonds is 5. The second kappa shape index (κ2) is 6.45. The molecule has 3 rings (SSSR count). The van der Waals surface area contributed by atoms with Gasteiger partial charge in [-0.25, -0.2) is 4.98 Å². The Bertz CT molecular complexity index is 818. The normalized spacial score (nSPS) is 11.3. The molecule has 1 heterocycles. The molecule has 0 unspecified atom stereocenters. The first kappa shape index (κ1) is 15.6. The van der Waals surface area contributed by atoms with E-state index in [2.05, 4.69) is 66.7 Å². The molecule has 0 N–H and O–H groups in total. The quantitative estimate of drug-likeness (QED) is 0.673. The minimum Gasteiger partial charge on any atom is -0.491 e. The Balaban J connectivity index is 1.77. The van der Waals surface area contributed by atoms with Crippen LogP contribution in [0.15, 0.2) is 42.5 Å². The van der Waals surface area contributed by atoms with Gasteiger partial charge in [0.25, 0.3) is 0 Å². The van der Waals surface area contributed by atoms with Crippen LogP contribution in [-0.4, -0.2) is 16.2 Å². The molecule has 1 aromatic heterocycles. The van der Waals surface area contributed by atoms with Gasteiger partial charge in [-0.05, 0) is 49.1 Å². The number of benzene rings is 2. The topological polar surface area (TPSA) is 27.1 Å². The third kappa shape index (κ3) is 3.24. The molecule has 3 aromatic rings. The van der Waals surface area contributed by atoms with Crippen molar-refractivity contribution in [1.82, 2.24) is 9.55 Å². The van der Waals surface area contributed by atoms with Crippen molar-refractivity contribution in [3.05, 3.63) is 59.4 Å². The molecule has 3 heteroatoms. The van der Waals surface area contributed by atoms with Gasteiger partial charge in [-0.2, -0.15) is 0 Å². The Hall–Kier alpha value is -2.29. The van der Waals surface area contributed by atoms with Gasteiger partial charge in [-0.3, -0.25) is 0 Å². The molecule has 0 fully saturated rings. The van der Waals surface area contributed by atoms with E-state index in [0.717, 1.165) is 23.6 Å². The first-order valence-corrected chi connectivity index (χ1v) is 8.21. The average molecular weight is 308 g/mol. The van der Waals surface area contributed by atoms with Gasteiger partial charge in [-0.15, -0.1) is 0 Å². The molecule has 0 bridgehead atoms. The van der Waals surface area contributed by atoms with Crippen LogP contribution in [0.4, 0.5) is 0 Å². The smallest absolute Gasteiger partial charge is 0.123 e. The maximum Gasteiger partial charge on any atom is 0.123 e. The van der Waals surface area contributed by atoms with Gasteiger partial charge in [0.1, 0.15) is 18.2 Å². The predicted octanol–water partition coefficient (Wildman–Crippen LogP) is 4.86. The van der Waals surface area contributed by atoms with E-state index in [0.29, 0.717) is 12.5 Å². The lowest BCUT2D eigenvalue weighted by Gasteiger charge is -2.15. The summed E-state index contributed by atoms with van der Waals surface area (Å²) in [6.45, 7) is 10.00. The van der Waals surface area contributed by atoms with Gasteiger partial charge >= 0.3 is 0 Å². The number of ether oxygens (including phenoxy) is 1. The molecule has 0 aliphatic heterocycles. The van der Waals surface area contributed by atoms with Crippen LogP contribution < -0.4 is 4.74 Å². The van der Waals surface area contributed by atoms with Crippen molar-refractivity contribution in [1.29, 1.82) is 0 Å². The largest absolute Gasteiger partial charge is 0.491 e. The van der Waals surface area contributed by atoms with Gasteiger partial charge in [0.2, 0.25) is 0 Å². The summed E-state index contributed by atoms with van der Waals surface area (Å²) < 4.78 is 8.33. The molecular weight excluding hydrogens is 284 g/mol. The van der Waals surface area contributed by atoms with Crippen LogP contribution in [-0.2, 0) is 6.54 Å². The van der Waals surface area contributed by atoms with Crippen LogP contribution in [0.3, 0.4) is 0 Å². The highest BCUT2D eigenvalue weighted by atomic mass is 16.5. The SMILES string of the molecule is Cc1ccc(C(C)C)c(OCCn2c(C)nc3ccccc32)c1. The van der Waals surface area contributed by atoms with Gasteiger partial charge in [0, 0.05) is 0 Å². The number of imidazole rings is 1. The summed E-state index contributed by atoms with van der Waals surface area (Å²) in [6, 6.07) is 14.7. The van der Waals surface area contributed by atoms with E-state index in [1.54, 1.807) is 0 Å². The zero-order valence-electron chi connectivity index (χ0n) is 14.3. The van der Waals surface area contributed by atoms with E-state index in [1.165, 1.54) is 16.6 Å². The molecule has 2 aromatic carbocycles. The van der Waals surface area contributed by atoms with E-state index in [9.17, 15) is 0 Å². The lowest BCUT2D eigenvalue weighted by atomic mass is 10.0. The number of para-hydroxylation sites is 2. The molecule has 0 atom stereocenters. The fourth-order valence-corrected chi connectivity index (χ4v) is 2.97. The van der Waals surface area contributed by atoms with Crippen molar-refractivity contribution in [2.75, 3.05) is 6.61 Å². The Morgan fingerprint density at radius 3 is 2.65 bits per heavy atom. The first-order valence-electron chi connectivity index (χ1n) is 8.21. The van der Waals surface area contributed by atoms with Gasteiger partial charge in [-0.1, -0.05) is 38.1 Å². The van der Waals surface area contributed by atoms with Crippen LogP contribution in [0.25, 0.3) is 11.0 Å². The summed E-state index contributed by atoms with van der Waals surface area (Å²) in [7, 11) is 0. The standard InChI is InChI=1S/C20H24N2O/c1-14(2)17-10-9-15(3)13-20(17)23-12-11-22-16(4)21-18-7-5-6-8-19(18)22/h5-10,13-14H,11-12H2,1-4H3. The Morgan fingerprint density at radius 2 is 1.87 bits per heavy atom. The van der Waals surface area contributed by atoms with E-state index >= 15 is 0 Å². The molecule has 0 aliphatic rings. The summed E-state index contributed by atoms with van der Waals surface area (Å²) in [5.41, 5.74) is 4.71. The van der Waals surface area contributed by atoms with Crippen LogP contribution in [0, 0.1) is 13.8 Å². The summed E-state index contributed by atoms with van der Waals surface area (Å²) in [4.78, 5) is 4.61. The van der Waals surface area contributed by atoms with Crippen molar-refractivity contribution in [3.63, 3.8) is 0 Å². The Labute approximate surface area is 137 Å². The summed E-state index contributed by atoms with van der Waals surface area (Å²) >= 11 is 0. The van der Waals surface area contributed by atoms with Crippen LogP contribution in [0.2, 0.25) is 0 Å². The maximum absolute atomic E-state index is 6.11. The fraction of sp³-hybridized carbons (Fsp3) is 0.350. The van der Waals surface area contributed by atoms with Gasteiger partial charge in [0.05, 0.1) is 17.6 Å². The van der Waals surface area contributed by atoms with Crippen LogP contribution in [0.1, 0.15) is 36.7 Å². The number of fused-ring (bicyclic) bond motifs is 1. The maximum atomic E-state index is 6.11. The van der Waals surface area contributed by atoms with Crippen molar-refractivity contribution in [3.8, 4) is 5.75 Å². The van der Waals surface area contributed by atoms with Crippen LogP contribution >= 0.6 is 0 Å². The lowest BCUT2D eigenvalue weighted by Crippen LogP contribution is -2.10. The minimum atomic E-state index is 0.460. The molecular formula is C20H24N2O. The van der Waals surface area contributed by atoms with E-state index in [-0.39, 0.29) is 0 Å². The zero-order valence-corrected chi connectivity index (χ0v) is 14.3. The molecule has 0 amide bonds. The van der Waals surface area contributed by atoms with Crippen molar-refractivity contribution < 1.29 is 4.74 Å². The number of aryl methyl sites for hydroxylation is 2. The molecule has 0 spiro atoms. The van der Waals surface area contributed by atoms with Crippen molar-refractivity contribution >= 4 is 11.0 Å². The zero-order chi connectivity index (χ0) is 16.4. The molecule has 3 nitrogen and oxygen atoms in total. The third-order valence-corrected chi connectivity index (χ3v) is 4.21. The number of aromatic nitrogens is 2. The highest BCUT2D eigenvalue weighted by Crippen LogP contribution is 2.27. The summed E-state index contributed by atoms with van der Waals surface area (Å²) in [5.74, 6) is 2.49. The van der Waals surface area contributed by atoms with E-state index in [4.69, 9.17) is 4.74 Å². The monoisotopic (exact) mass is 308 g/mol. The molecule has 0 saturated carbocycles. The minimum absolute atomic E-state index is 0.460. The van der Waals surface area contributed by atoms with E-state index in [1.807, 2.05) is 13.0 Å². The number of nitrogens with zero attached hydrogens (tertiary/aromatic N) is 2. The molecule has 23 heavy (non-hydrogen) atoms. The van der Waals surface area contributed by atoms with Gasteiger partial charge < -0.3 is 9.30 Å². The first-order chi connectivity index (χ1) is 11.1. The van der Waals surface area contributed by atoms with Gasteiger partial charge in [0.15, 0.2) is 0 Å². The Kier molecular flexibility index (Phi) is 4.37. The van der Waals surface area contributed by atoms with Crippen molar-refractivity contribution in [2.24, 2.45) is 0 Å². The second-order valence-electron chi connectivity index (χ2n) is 6.34. The summed E-state index contributed by atoms with van der Waals surface area (Å²) in [6.07, 6.45) is 0. The highest BCUT2D eigenvalue weighted by molar-refractivity contribution is 5.75. The second-order valence-corrected chi connectivity index (χ2v) is 6.34. The molecule has 120 valence electrons. The molecule has 0 saturated heterocycles. The number of hydrogen-bond donors (Lipinski definition) is 0. The summed E-state index contributed by atoms with van der Waals surface area (Å²) in [5, 5.41) is 0. The highest BCUT2D eigenvalue weighted by Gasteiger charge is 2.10.